The molecule has 2 aromatic rings. The minimum Gasteiger partial charge on any atom is -0.493 e. The zero-order valence-corrected chi connectivity index (χ0v) is 20.2. The molecule has 0 radical (unpaired) electrons. The summed E-state index contributed by atoms with van der Waals surface area (Å²) in [6, 6.07) is 10.8. The molecule has 1 aliphatic carbocycles. The van der Waals surface area contributed by atoms with E-state index < -0.39 is 0 Å². The van der Waals surface area contributed by atoms with Crippen LogP contribution in [0.1, 0.15) is 47.6 Å². The molecule has 0 aromatic heterocycles. The van der Waals surface area contributed by atoms with E-state index in [4.69, 9.17) is 14.2 Å². The van der Waals surface area contributed by atoms with Gasteiger partial charge in [-0.05, 0) is 61.4 Å². The quantitative estimate of drug-likeness (QED) is 0.597. The monoisotopic (exact) mass is 468 g/mol. The van der Waals surface area contributed by atoms with E-state index in [1.54, 1.807) is 45.6 Å². The number of carbonyl (C=O) groups excluding carboxylic acids is 1. The fraction of sp³-hybridized carbons (Fsp3) is 0.519. The molecule has 1 saturated carbocycles. The third-order valence-electron chi connectivity index (χ3n) is 7.80. The zero-order valence-electron chi connectivity index (χ0n) is 20.2. The highest BCUT2D eigenvalue weighted by molar-refractivity contribution is 5.95. The third kappa shape index (κ3) is 4.11. The van der Waals surface area contributed by atoms with Crippen LogP contribution < -0.4 is 14.2 Å². The number of benzene rings is 2. The van der Waals surface area contributed by atoms with Gasteiger partial charge in [-0.25, -0.2) is 4.39 Å². The molecule has 182 valence electrons. The van der Waals surface area contributed by atoms with E-state index in [9.17, 15) is 9.18 Å². The molecule has 0 bridgehead atoms. The van der Waals surface area contributed by atoms with Crippen molar-refractivity contribution in [3.63, 3.8) is 0 Å². The molecule has 6 nitrogen and oxygen atoms in total. The van der Waals surface area contributed by atoms with E-state index in [1.165, 1.54) is 18.4 Å². The Labute approximate surface area is 200 Å². The Morgan fingerprint density at radius 2 is 1.62 bits per heavy atom. The Bertz CT molecular complexity index is 1020. The topological polar surface area (TPSA) is 51.2 Å². The van der Waals surface area contributed by atoms with E-state index >= 15 is 0 Å². The molecule has 0 N–H and O–H groups in total. The van der Waals surface area contributed by atoms with Gasteiger partial charge in [-0.15, -0.1) is 0 Å². The minimum atomic E-state index is -0.198. The third-order valence-corrected chi connectivity index (χ3v) is 7.80. The van der Waals surface area contributed by atoms with Crippen LogP contribution in [0.4, 0.5) is 4.39 Å². The van der Waals surface area contributed by atoms with Gasteiger partial charge in [0.2, 0.25) is 5.75 Å². The molecule has 2 aliphatic heterocycles. The molecular formula is C27H33FN2O4. The highest BCUT2D eigenvalue weighted by Gasteiger charge is 2.54. The Kier molecular flexibility index (Phi) is 6.15. The molecule has 1 spiro atoms. The molecule has 1 unspecified atom stereocenters. The van der Waals surface area contributed by atoms with Gasteiger partial charge in [0, 0.05) is 43.2 Å². The van der Waals surface area contributed by atoms with Crippen molar-refractivity contribution >= 4 is 5.91 Å². The van der Waals surface area contributed by atoms with E-state index in [1.807, 2.05) is 17.0 Å². The zero-order chi connectivity index (χ0) is 23.9. The molecule has 2 saturated heterocycles. The molecule has 5 rings (SSSR count). The Balaban J connectivity index is 1.32. The fourth-order valence-corrected chi connectivity index (χ4v) is 5.84. The van der Waals surface area contributed by atoms with Gasteiger partial charge >= 0.3 is 0 Å². The van der Waals surface area contributed by atoms with Crippen molar-refractivity contribution in [2.24, 2.45) is 11.3 Å². The summed E-state index contributed by atoms with van der Waals surface area (Å²) in [7, 11) is 4.65. The van der Waals surface area contributed by atoms with E-state index in [2.05, 4.69) is 4.90 Å². The number of amides is 1. The smallest absolute Gasteiger partial charge is 0.254 e. The minimum absolute atomic E-state index is 0.0263. The molecule has 3 aliphatic rings. The van der Waals surface area contributed by atoms with Gasteiger partial charge in [-0.3, -0.25) is 9.69 Å². The standard InChI is InChI=1S/C27H33FN2O4/c1-32-22-14-20(15-23(33-2)24(22)34-3)26(31)29-12-10-27(11-13-29)17-30(16-18-4-5-18)25(27)19-6-8-21(28)9-7-19/h6-9,14-15,18,25H,4-5,10-13,16-17H2,1-3H3. The number of hydrogen-bond donors (Lipinski definition) is 0. The molecule has 1 amide bonds. The fourth-order valence-electron chi connectivity index (χ4n) is 5.84. The lowest BCUT2D eigenvalue weighted by atomic mass is 9.63. The van der Waals surface area contributed by atoms with Gasteiger partial charge in [0.15, 0.2) is 11.5 Å². The lowest BCUT2D eigenvalue weighted by molar-refractivity contribution is -0.110. The first kappa shape index (κ1) is 23.0. The maximum Gasteiger partial charge on any atom is 0.254 e. The summed E-state index contributed by atoms with van der Waals surface area (Å²) >= 11 is 0. The number of rotatable bonds is 7. The predicted octanol–water partition coefficient (Wildman–Crippen LogP) is 4.54. The first-order valence-electron chi connectivity index (χ1n) is 12.1. The van der Waals surface area contributed by atoms with Crippen molar-refractivity contribution in [3.8, 4) is 17.2 Å². The van der Waals surface area contributed by atoms with Crippen LogP contribution in [0.25, 0.3) is 0 Å². The Morgan fingerprint density at radius 1 is 1.00 bits per heavy atom. The molecule has 1 atom stereocenters. The normalized spacial score (nSPS) is 21.8. The van der Waals surface area contributed by atoms with Gasteiger partial charge in [-0.1, -0.05) is 12.1 Å². The highest BCUT2D eigenvalue weighted by atomic mass is 19.1. The van der Waals surface area contributed by atoms with Crippen LogP contribution in [0.3, 0.4) is 0 Å². The summed E-state index contributed by atoms with van der Waals surface area (Å²) in [5, 5.41) is 0. The van der Waals surface area contributed by atoms with Crippen LogP contribution in [0, 0.1) is 17.2 Å². The SMILES string of the molecule is COc1cc(C(=O)N2CCC3(CC2)CN(CC2CC2)C3c2ccc(F)cc2)cc(OC)c1OC. The van der Waals surface area contributed by atoms with Gasteiger partial charge < -0.3 is 19.1 Å². The van der Waals surface area contributed by atoms with Crippen LogP contribution in [0.5, 0.6) is 17.2 Å². The highest BCUT2D eigenvalue weighted by Crippen LogP contribution is 2.56. The van der Waals surface area contributed by atoms with Crippen LogP contribution in [-0.2, 0) is 0 Å². The largest absolute Gasteiger partial charge is 0.493 e. The molecule has 2 heterocycles. The number of carbonyl (C=O) groups is 1. The van der Waals surface area contributed by atoms with Gasteiger partial charge in [0.05, 0.1) is 21.3 Å². The van der Waals surface area contributed by atoms with E-state index in [0.717, 1.165) is 31.8 Å². The van der Waals surface area contributed by atoms with Gasteiger partial charge in [0.1, 0.15) is 5.82 Å². The van der Waals surface area contributed by atoms with Crippen molar-refractivity contribution in [3.05, 3.63) is 53.3 Å². The second kappa shape index (κ2) is 9.10. The van der Waals surface area contributed by atoms with Gasteiger partial charge in [-0.2, -0.15) is 0 Å². The molecule has 34 heavy (non-hydrogen) atoms. The number of likely N-dealkylation sites (tertiary alicyclic amines) is 2. The van der Waals surface area contributed by atoms with Crippen molar-refractivity contribution in [2.75, 3.05) is 47.5 Å². The van der Waals surface area contributed by atoms with Crippen LogP contribution in [0.2, 0.25) is 0 Å². The summed E-state index contributed by atoms with van der Waals surface area (Å²) in [5.41, 5.74) is 1.86. The van der Waals surface area contributed by atoms with Gasteiger partial charge in [0.25, 0.3) is 5.91 Å². The van der Waals surface area contributed by atoms with E-state index in [-0.39, 0.29) is 17.1 Å². The molecule has 3 fully saturated rings. The molecule has 7 heteroatoms. The first-order chi connectivity index (χ1) is 16.5. The van der Waals surface area contributed by atoms with Crippen molar-refractivity contribution in [2.45, 2.75) is 31.7 Å². The summed E-state index contributed by atoms with van der Waals surface area (Å²) in [5.74, 6) is 2.02. The molecular weight excluding hydrogens is 435 g/mol. The number of halogens is 1. The van der Waals surface area contributed by atoms with Crippen LogP contribution in [0.15, 0.2) is 36.4 Å². The lowest BCUT2D eigenvalue weighted by Gasteiger charge is -2.61. The maximum absolute atomic E-state index is 13.6. The number of piperidine rings is 1. The summed E-state index contributed by atoms with van der Waals surface area (Å²) in [4.78, 5) is 17.9. The lowest BCUT2D eigenvalue weighted by Crippen LogP contribution is -2.62. The van der Waals surface area contributed by atoms with Crippen molar-refractivity contribution in [1.82, 2.24) is 9.80 Å². The summed E-state index contributed by atoms with van der Waals surface area (Å²) in [6.45, 7) is 3.57. The maximum atomic E-state index is 13.6. The van der Waals surface area contributed by atoms with Crippen LogP contribution in [-0.4, -0.2) is 63.2 Å². The van der Waals surface area contributed by atoms with Crippen molar-refractivity contribution in [1.29, 1.82) is 0 Å². The number of nitrogens with zero attached hydrogens (tertiary/aromatic N) is 2. The average Bonchev–Trinajstić information content (AvgIpc) is 3.68. The Morgan fingerprint density at radius 3 is 2.15 bits per heavy atom. The predicted molar refractivity (Wildman–Crippen MR) is 127 cm³/mol. The average molecular weight is 469 g/mol. The second-order valence-corrected chi connectivity index (χ2v) is 9.90. The molecule has 2 aromatic carbocycles. The summed E-state index contributed by atoms with van der Waals surface area (Å²) < 4.78 is 29.8. The summed E-state index contributed by atoms with van der Waals surface area (Å²) in [6.07, 6.45) is 4.51. The van der Waals surface area contributed by atoms with E-state index in [0.29, 0.717) is 41.9 Å². The number of ether oxygens (including phenoxy) is 3. The number of methoxy groups -OCH3 is 3. The second-order valence-electron chi connectivity index (χ2n) is 9.90. The first-order valence-corrected chi connectivity index (χ1v) is 12.1. The number of hydrogen-bond acceptors (Lipinski definition) is 5. The Hall–Kier alpha value is -2.80. The van der Waals surface area contributed by atoms with Crippen LogP contribution >= 0.6 is 0 Å². The van der Waals surface area contributed by atoms with Crippen molar-refractivity contribution < 1.29 is 23.4 Å².